The Morgan fingerprint density at radius 1 is 1.28 bits per heavy atom. The van der Waals surface area contributed by atoms with Crippen LogP contribution in [0, 0.1) is 10.5 Å². The monoisotopic (exact) mass is 396 g/mol. The van der Waals surface area contributed by atoms with Crippen LogP contribution in [0.15, 0.2) is 12.1 Å². The van der Waals surface area contributed by atoms with Gasteiger partial charge in [0.05, 0.1) is 11.6 Å². The van der Waals surface area contributed by atoms with Gasteiger partial charge in [0.1, 0.15) is 0 Å². The number of benzene rings is 1. The van der Waals surface area contributed by atoms with Gasteiger partial charge >= 0.3 is 0 Å². The van der Waals surface area contributed by atoms with Gasteiger partial charge in [-0.1, -0.05) is 38.4 Å². The van der Waals surface area contributed by atoms with Crippen molar-refractivity contribution in [2.75, 3.05) is 0 Å². The highest BCUT2D eigenvalue weighted by Crippen LogP contribution is 2.37. The molecule has 0 amide bonds. The highest BCUT2D eigenvalue weighted by Gasteiger charge is 2.37. The first-order chi connectivity index (χ1) is 8.06. The summed E-state index contributed by atoms with van der Waals surface area (Å²) in [6, 6.07) is 4.04. The molecule has 0 aromatic heterocycles. The minimum absolute atomic E-state index is 0.250. The SMILES string of the molecule is Cc1c(CO[Si](C)(C)C(C)(C)C)ccc(Cl)c1I. The first-order valence-electron chi connectivity index (χ1n) is 6.14. The van der Waals surface area contributed by atoms with Crippen molar-refractivity contribution in [3.63, 3.8) is 0 Å². The van der Waals surface area contributed by atoms with Crippen LogP contribution in [0.1, 0.15) is 31.9 Å². The quantitative estimate of drug-likeness (QED) is 0.465. The Bertz CT molecular complexity index is 438. The summed E-state index contributed by atoms with van der Waals surface area (Å²) in [5.41, 5.74) is 2.48. The molecule has 0 bridgehead atoms. The smallest absolute Gasteiger partial charge is 0.192 e. The van der Waals surface area contributed by atoms with Crippen molar-refractivity contribution in [3.05, 3.63) is 31.9 Å². The maximum absolute atomic E-state index is 6.25. The summed E-state index contributed by atoms with van der Waals surface area (Å²) >= 11 is 8.40. The third-order valence-electron chi connectivity index (χ3n) is 3.85. The van der Waals surface area contributed by atoms with Crippen LogP contribution in [-0.4, -0.2) is 8.32 Å². The molecule has 0 atom stereocenters. The topological polar surface area (TPSA) is 9.23 Å². The van der Waals surface area contributed by atoms with Gasteiger partial charge in [0, 0.05) is 3.57 Å². The van der Waals surface area contributed by atoms with Crippen molar-refractivity contribution in [3.8, 4) is 0 Å². The van der Waals surface area contributed by atoms with E-state index < -0.39 is 8.32 Å². The second kappa shape index (κ2) is 5.81. The molecule has 0 saturated heterocycles. The molecular weight excluding hydrogens is 375 g/mol. The van der Waals surface area contributed by atoms with E-state index in [1.54, 1.807) is 0 Å². The first kappa shape index (κ1) is 16.5. The standard InChI is InChI=1S/C14H22ClIOSi/c1-10-11(7-8-12(15)13(10)16)9-17-18(5,6)14(2,3)4/h7-8H,9H2,1-6H3. The minimum Gasteiger partial charge on any atom is -0.413 e. The summed E-state index contributed by atoms with van der Waals surface area (Å²) in [6.07, 6.45) is 0. The van der Waals surface area contributed by atoms with Crippen molar-refractivity contribution >= 4 is 42.5 Å². The third kappa shape index (κ3) is 3.71. The normalized spacial score (nSPS) is 12.9. The van der Waals surface area contributed by atoms with Gasteiger partial charge in [0.15, 0.2) is 8.32 Å². The molecule has 1 rings (SSSR count). The van der Waals surface area contributed by atoms with Gasteiger partial charge in [-0.25, -0.2) is 0 Å². The largest absolute Gasteiger partial charge is 0.413 e. The molecule has 0 radical (unpaired) electrons. The van der Waals surface area contributed by atoms with E-state index in [1.807, 2.05) is 6.07 Å². The Morgan fingerprint density at radius 3 is 2.33 bits per heavy atom. The Morgan fingerprint density at radius 2 is 1.83 bits per heavy atom. The summed E-state index contributed by atoms with van der Waals surface area (Å²) in [4.78, 5) is 0. The Labute approximate surface area is 131 Å². The molecule has 0 spiro atoms. The van der Waals surface area contributed by atoms with Crippen molar-refractivity contribution in [1.29, 1.82) is 0 Å². The van der Waals surface area contributed by atoms with E-state index in [-0.39, 0.29) is 5.04 Å². The van der Waals surface area contributed by atoms with Gasteiger partial charge in [-0.15, -0.1) is 0 Å². The predicted molar refractivity (Wildman–Crippen MR) is 90.9 cm³/mol. The van der Waals surface area contributed by atoms with Crippen LogP contribution in [0.4, 0.5) is 0 Å². The van der Waals surface area contributed by atoms with Crippen molar-refractivity contribution < 1.29 is 4.43 Å². The molecule has 0 N–H and O–H groups in total. The number of hydrogen-bond acceptors (Lipinski definition) is 1. The van der Waals surface area contributed by atoms with E-state index in [0.717, 1.165) is 8.59 Å². The van der Waals surface area contributed by atoms with Crippen LogP contribution in [0.3, 0.4) is 0 Å². The fourth-order valence-corrected chi connectivity index (χ4v) is 3.00. The van der Waals surface area contributed by atoms with Crippen LogP contribution >= 0.6 is 34.2 Å². The Kier molecular flexibility index (Phi) is 5.32. The van der Waals surface area contributed by atoms with E-state index in [2.05, 4.69) is 69.4 Å². The summed E-state index contributed by atoms with van der Waals surface area (Å²) < 4.78 is 7.38. The molecule has 0 saturated carbocycles. The van der Waals surface area contributed by atoms with Gasteiger partial charge in [-0.2, -0.15) is 0 Å². The fraction of sp³-hybridized carbons (Fsp3) is 0.571. The first-order valence-corrected chi connectivity index (χ1v) is 10.5. The van der Waals surface area contributed by atoms with Crippen LogP contribution in [0.5, 0.6) is 0 Å². The highest BCUT2D eigenvalue weighted by molar-refractivity contribution is 14.1. The van der Waals surface area contributed by atoms with Gasteiger partial charge in [-0.3, -0.25) is 0 Å². The number of hydrogen-bond donors (Lipinski definition) is 0. The van der Waals surface area contributed by atoms with Crippen molar-refractivity contribution in [1.82, 2.24) is 0 Å². The maximum atomic E-state index is 6.25. The van der Waals surface area contributed by atoms with Crippen LogP contribution in [-0.2, 0) is 11.0 Å². The average Bonchev–Trinajstić information content (AvgIpc) is 2.23. The molecule has 0 aliphatic carbocycles. The predicted octanol–water partition coefficient (Wildman–Crippen LogP) is 5.77. The van der Waals surface area contributed by atoms with Crippen LogP contribution < -0.4 is 0 Å². The molecule has 1 aromatic carbocycles. The molecule has 1 aromatic rings. The van der Waals surface area contributed by atoms with Crippen LogP contribution in [0.25, 0.3) is 0 Å². The van der Waals surface area contributed by atoms with E-state index in [9.17, 15) is 0 Å². The van der Waals surface area contributed by atoms with E-state index >= 15 is 0 Å². The lowest BCUT2D eigenvalue weighted by Crippen LogP contribution is -2.40. The average molecular weight is 397 g/mol. The summed E-state index contributed by atoms with van der Waals surface area (Å²) in [5, 5.41) is 1.07. The van der Waals surface area contributed by atoms with E-state index in [0.29, 0.717) is 6.61 Å². The lowest BCUT2D eigenvalue weighted by atomic mass is 10.1. The van der Waals surface area contributed by atoms with Gasteiger partial charge in [0.2, 0.25) is 0 Å². The zero-order chi connectivity index (χ0) is 14.1. The van der Waals surface area contributed by atoms with Crippen molar-refractivity contribution in [2.24, 2.45) is 0 Å². The fourth-order valence-electron chi connectivity index (χ4n) is 1.32. The maximum Gasteiger partial charge on any atom is 0.192 e. The van der Waals surface area contributed by atoms with Crippen molar-refractivity contribution in [2.45, 2.75) is 52.4 Å². The zero-order valence-corrected chi connectivity index (χ0v) is 15.9. The zero-order valence-electron chi connectivity index (χ0n) is 12.0. The molecule has 0 aliphatic rings. The molecule has 0 aliphatic heterocycles. The molecule has 1 nitrogen and oxygen atoms in total. The molecule has 0 fully saturated rings. The van der Waals surface area contributed by atoms with Gasteiger partial charge in [0.25, 0.3) is 0 Å². The Balaban J connectivity index is 2.85. The lowest BCUT2D eigenvalue weighted by Gasteiger charge is -2.36. The second-order valence-electron chi connectivity index (χ2n) is 6.19. The molecule has 18 heavy (non-hydrogen) atoms. The molecule has 102 valence electrons. The molecule has 4 heteroatoms. The Hall–Kier alpha value is 0.417. The summed E-state index contributed by atoms with van der Waals surface area (Å²) in [6.45, 7) is 14.1. The van der Waals surface area contributed by atoms with Gasteiger partial charge < -0.3 is 4.43 Å². The van der Waals surface area contributed by atoms with Crippen LogP contribution in [0.2, 0.25) is 23.2 Å². The lowest BCUT2D eigenvalue weighted by molar-refractivity contribution is 0.275. The third-order valence-corrected chi connectivity index (χ3v) is 10.3. The highest BCUT2D eigenvalue weighted by atomic mass is 127. The summed E-state index contributed by atoms with van der Waals surface area (Å²) in [7, 11) is -1.68. The molecule has 0 unspecified atom stereocenters. The summed E-state index contributed by atoms with van der Waals surface area (Å²) in [5.74, 6) is 0. The van der Waals surface area contributed by atoms with E-state index in [4.69, 9.17) is 16.0 Å². The number of rotatable bonds is 3. The second-order valence-corrected chi connectivity index (χ2v) is 12.5. The van der Waals surface area contributed by atoms with E-state index in [1.165, 1.54) is 11.1 Å². The van der Waals surface area contributed by atoms with Gasteiger partial charge in [-0.05, 0) is 64.8 Å². The minimum atomic E-state index is -1.68. The molecule has 0 heterocycles. The number of halogens is 2. The molecular formula is C14H22ClIOSi.